The Balaban J connectivity index is 0.00000117. The lowest BCUT2D eigenvalue weighted by atomic mass is 9.90. The van der Waals surface area contributed by atoms with Gasteiger partial charge in [0.25, 0.3) is 5.56 Å². The molecule has 26 heavy (non-hydrogen) atoms. The van der Waals surface area contributed by atoms with Gasteiger partial charge in [0.15, 0.2) is 0 Å². The van der Waals surface area contributed by atoms with Gasteiger partial charge in [-0.15, -0.1) is 0 Å². The molecule has 3 aromatic rings. The normalized spacial score (nSPS) is 10.7. The molecule has 3 rings (SSSR count). The predicted molar refractivity (Wildman–Crippen MR) is 112 cm³/mol. The van der Waals surface area contributed by atoms with Gasteiger partial charge in [-0.3, -0.25) is 4.79 Å². The minimum absolute atomic E-state index is 0.0266. The molecule has 0 saturated carbocycles. The van der Waals surface area contributed by atoms with Crippen molar-refractivity contribution in [3.63, 3.8) is 0 Å². The second-order valence-electron chi connectivity index (χ2n) is 6.83. The van der Waals surface area contributed by atoms with Gasteiger partial charge in [-0.25, -0.2) is 4.68 Å². The van der Waals surface area contributed by atoms with Gasteiger partial charge in [0.2, 0.25) is 0 Å². The van der Waals surface area contributed by atoms with Gasteiger partial charge in [0, 0.05) is 18.0 Å². The lowest BCUT2D eigenvalue weighted by Crippen LogP contribution is -2.22. The smallest absolute Gasteiger partial charge is 0.267 e. The van der Waals surface area contributed by atoms with Crippen LogP contribution in [0.5, 0.6) is 0 Å². The lowest BCUT2D eigenvalue weighted by Gasteiger charge is -2.17. The van der Waals surface area contributed by atoms with E-state index in [1.165, 1.54) is 26.9 Å². The van der Waals surface area contributed by atoms with E-state index in [0.717, 1.165) is 33.2 Å². The van der Waals surface area contributed by atoms with Crippen LogP contribution in [0.1, 0.15) is 47.2 Å². The Kier molecular flexibility index (Phi) is 5.70. The van der Waals surface area contributed by atoms with E-state index >= 15 is 0 Å². The second-order valence-corrected chi connectivity index (χ2v) is 6.83. The fraction of sp³-hybridized carbons (Fsp3) is 0.391. The Bertz CT molecular complexity index is 1040. The monoisotopic (exact) mass is 350 g/mol. The summed E-state index contributed by atoms with van der Waals surface area (Å²) in [7, 11) is 1.73. The molecule has 0 amide bonds. The Morgan fingerprint density at radius 2 is 1.31 bits per heavy atom. The first kappa shape index (κ1) is 19.9. The summed E-state index contributed by atoms with van der Waals surface area (Å²) in [6, 6.07) is 6.37. The maximum absolute atomic E-state index is 12.8. The molecule has 0 spiro atoms. The van der Waals surface area contributed by atoms with Crippen molar-refractivity contribution in [2.24, 2.45) is 7.05 Å². The molecule has 138 valence electrons. The third-order valence-electron chi connectivity index (χ3n) is 5.46. The van der Waals surface area contributed by atoms with Crippen LogP contribution in [0, 0.1) is 41.5 Å². The number of hydrogen-bond donors (Lipinski definition) is 0. The van der Waals surface area contributed by atoms with Crippen LogP contribution < -0.4 is 5.56 Å². The van der Waals surface area contributed by atoms with E-state index in [1.54, 1.807) is 7.05 Å². The lowest BCUT2D eigenvalue weighted by molar-refractivity contribution is 0.721. The highest BCUT2D eigenvalue weighted by Crippen LogP contribution is 2.33. The van der Waals surface area contributed by atoms with Crippen molar-refractivity contribution in [3.05, 3.63) is 61.9 Å². The van der Waals surface area contributed by atoms with Crippen LogP contribution in [-0.2, 0) is 7.05 Å². The van der Waals surface area contributed by atoms with E-state index in [-0.39, 0.29) is 5.56 Å². The summed E-state index contributed by atoms with van der Waals surface area (Å²) in [5.74, 6) is 0. The average molecular weight is 351 g/mol. The van der Waals surface area contributed by atoms with Crippen molar-refractivity contribution < 1.29 is 0 Å². The van der Waals surface area contributed by atoms with E-state index in [0.29, 0.717) is 0 Å². The zero-order chi connectivity index (χ0) is 19.8. The van der Waals surface area contributed by atoms with Crippen LogP contribution in [0.4, 0.5) is 0 Å². The summed E-state index contributed by atoms with van der Waals surface area (Å²) in [4.78, 5) is 12.8. The average Bonchev–Trinajstić information content (AvgIpc) is 2.64. The molecule has 0 saturated heterocycles. The molecule has 0 bridgehead atoms. The van der Waals surface area contributed by atoms with Gasteiger partial charge in [0.05, 0.1) is 11.1 Å². The third kappa shape index (κ3) is 3.07. The molecule has 0 N–H and O–H groups in total. The Morgan fingerprint density at radius 1 is 0.769 bits per heavy atom. The zero-order valence-electron chi connectivity index (χ0n) is 17.5. The molecule has 0 aliphatic heterocycles. The van der Waals surface area contributed by atoms with E-state index in [2.05, 4.69) is 57.9 Å². The van der Waals surface area contributed by atoms with Crippen molar-refractivity contribution in [2.45, 2.75) is 55.4 Å². The van der Waals surface area contributed by atoms with Crippen molar-refractivity contribution in [3.8, 4) is 11.3 Å². The molecule has 0 atom stereocenters. The first-order valence-corrected chi connectivity index (χ1v) is 9.29. The predicted octanol–water partition coefficient (Wildman–Crippen LogP) is 5.48. The molecular weight excluding hydrogens is 320 g/mol. The largest absolute Gasteiger partial charge is 0.274 e. The Labute approximate surface area is 156 Å². The molecule has 2 aromatic carbocycles. The van der Waals surface area contributed by atoms with Gasteiger partial charge in [0.1, 0.15) is 0 Å². The number of aromatic nitrogens is 2. The van der Waals surface area contributed by atoms with Gasteiger partial charge in [-0.1, -0.05) is 26.0 Å². The fourth-order valence-corrected chi connectivity index (χ4v) is 3.37. The second kappa shape index (κ2) is 7.45. The molecule has 0 unspecified atom stereocenters. The van der Waals surface area contributed by atoms with Crippen molar-refractivity contribution in [1.29, 1.82) is 0 Å². The van der Waals surface area contributed by atoms with Gasteiger partial charge >= 0.3 is 0 Å². The van der Waals surface area contributed by atoms with Crippen molar-refractivity contribution >= 4 is 10.8 Å². The van der Waals surface area contributed by atoms with Gasteiger partial charge < -0.3 is 0 Å². The summed E-state index contributed by atoms with van der Waals surface area (Å²) in [5, 5.41) is 6.40. The first-order valence-electron chi connectivity index (χ1n) is 9.29. The number of fused-ring (bicyclic) bond motifs is 1. The summed E-state index contributed by atoms with van der Waals surface area (Å²) in [6.07, 6.45) is 0. The number of nitrogens with zero attached hydrogens (tertiary/aromatic N) is 2. The van der Waals surface area contributed by atoms with Crippen LogP contribution in [0.2, 0.25) is 0 Å². The summed E-state index contributed by atoms with van der Waals surface area (Å²) >= 11 is 0. The summed E-state index contributed by atoms with van der Waals surface area (Å²) < 4.78 is 1.47. The SMILES string of the molecule is CC.Cc1ccc(-c2nn(C)c(=O)c3c(C)c(C)c(C)c(C)c23)cc1C. The number of rotatable bonds is 1. The molecular formula is C23H30N2O. The van der Waals surface area contributed by atoms with Crippen LogP contribution in [0.3, 0.4) is 0 Å². The van der Waals surface area contributed by atoms with Crippen LogP contribution in [0.25, 0.3) is 22.0 Å². The van der Waals surface area contributed by atoms with Crippen molar-refractivity contribution in [1.82, 2.24) is 9.78 Å². The molecule has 3 heteroatoms. The topological polar surface area (TPSA) is 34.9 Å². The zero-order valence-corrected chi connectivity index (χ0v) is 17.5. The standard InChI is InChI=1S/C21H24N2O.C2H6/c1-11-8-9-17(10-12(11)2)20-18-15(5)13(3)14(4)16(6)19(18)21(24)23(7)22-20;1-2/h8-10H,1-7H3;1-2H3. The highest BCUT2D eigenvalue weighted by atomic mass is 16.1. The molecule has 0 aliphatic rings. The van der Waals surface area contributed by atoms with Gasteiger partial charge in [-0.05, 0) is 81.0 Å². The van der Waals surface area contributed by atoms with E-state index in [9.17, 15) is 4.79 Å². The fourth-order valence-electron chi connectivity index (χ4n) is 3.37. The van der Waals surface area contributed by atoms with Crippen molar-refractivity contribution in [2.75, 3.05) is 0 Å². The third-order valence-corrected chi connectivity index (χ3v) is 5.46. The van der Waals surface area contributed by atoms with E-state index in [4.69, 9.17) is 0 Å². The molecule has 0 fully saturated rings. The molecule has 1 heterocycles. The highest BCUT2D eigenvalue weighted by Gasteiger charge is 2.18. The molecule has 0 aliphatic carbocycles. The van der Waals surface area contributed by atoms with Crippen LogP contribution in [0.15, 0.2) is 23.0 Å². The minimum Gasteiger partial charge on any atom is -0.267 e. The number of hydrogen-bond acceptors (Lipinski definition) is 2. The summed E-state index contributed by atoms with van der Waals surface area (Å²) in [5.41, 5.74) is 9.04. The molecule has 0 radical (unpaired) electrons. The van der Waals surface area contributed by atoms with E-state index in [1.807, 2.05) is 20.8 Å². The Morgan fingerprint density at radius 3 is 1.85 bits per heavy atom. The minimum atomic E-state index is -0.0266. The number of aryl methyl sites for hydroxylation is 5. The van der Waals surface area contributed by atoms with Crippen LogP contribution in [-0.4, -0.2) is 9.78 Å². The first-order chi connectivity index (χ1) is 12.2. The molecule has 3 nitrogen and oxygen atoms in total. The summed E-state index contributed by atoms with van der Waals surface area (Å²) in [6.45, 7) is 16.6. The maximum atomic E-state index is 12.8. The Hall–Kier alpha value is -2.42. The van der Waals surface area contributed by atoms with E-state index < -0.39 is 0 Å². The number of benzene rings is 2. The highest BCUT2D eigenvalue weighted by molar-refractivity contribution is 5.99. The van der Waals surface area contributed by atoms with Crippen LogP contribution >= 0.6 is 0 Å². The molecule has 1 aromatic heterocycles. The quantitative estimate of drug-likeness (QED) is 0.583. The maximum Gasteiger partial charge on any atom is 0.274 e. The van der Waals surface area contributed by atoms with Gasteiger partial charge in [-0.2, -0.15) is 5.10 Å².